The first-order valence-electron chi connectivity index (χ1n) is 7.04. The van der Waals surface area contributed by atoms with Gasteiger partial charge in [-0.3, -0.25) is 0 Å². The van der Waals surface area contributed by atoms with Crippen LogP contribution in [0.3, 0.4) is 0 Å². The lowest BCUT2D eigenvalue weighted by Gasteiger charge is -2.13. The van der Waals surface area contributed by atoms with Gasteiger partial charge in [-0.05, 0) is 43.9 Å². The molecule has 0 aliphatic heterocycles. The Bertz CT molecular complexity index is 486. The standard InChI is InChI=1S/C16H22ClNO2/c1-19-14-8-7-13(15(17)16(14)20-2)11-18-10-9-12-5-3-4-6-12/h5,7-8,18H,3-4,6,9-11H2,1-2H3. The summed E-state index contributed by atoms with van der Waals surface area (Å²) in [7, 11) is 3.22. The second kappa shape index (κ2) is 7.55. The zero-order valence-electron chi connectivity index (χ0n) is 12.2. The number of ether oxygens (including phenoxy) is 2. The van der Waals surface area contributed by atoms with Crippen LogP contribution >= 0.6 is 11.6 Å². The molecule has 0 saturated carbocycles. The summed E-state index contributed by atoms with van der Waals surface area (Å²) >= 11 is 6.34. The van der Waals surface area contributed by atoms with E-state index in [-0.39, 0.29) is 0 Å². The van der Waals surface area contributed by atoms with E-state index >= 15 is 0 Å². The summed E-state index contributed by atoms with van der Waals surface area (Å²) in [6.07, 6.45) is 7.32. The van der Waals surface area contributed by atoms with Gasteiger partial charge in [0.05, 0.1) is 19.2 Å². The maximum atomic E-state index is 6.34. The van der Waals surface area contributed by atoms with E-state index < -0.39 is 0 Å². The molecule has 1 aromatic rings. The van der Waals surface area contributed by atoms with Gasteiger partial charge in [-0.2, -0.15) is 0 Å². The van der Waals surface area contributed by atoms with E-state index in [1.807, 2.05) is 12.1 Å². The Labute approximate surface area is 125 Å². The van der Waals surface area contributed by atoms with E-state index in [0.29, 0.717) is 16.5 Å². The van der Waals surface area contributed by atoms with Gasteiger partial charge in [-0.15, -0.1) is 0 Å². The Kier molecular flexibility index (Phi) is 5.74. The molecule has 0 heterocycles. The number of halogens is 1. The smallest absolute Gasteiger partial charge is 0.179 e. The van der Waals surface area contributed by atoms with Crippen molar-refractivity contribution in [1.82, 2.24) is 5.32 Å². The van der Waals surface area contributed by atoms with Gasteiger partial charge in [0.25, 0.3) is 0 Å². The minimum absolute atomic E-state index is 0.604. The second-order valence-electron chi connectivity index (χ2n) is 4.96. The van der Waals surface area contributed by atoms with Crippen LogP contribution in [0.4, 0.5) is 0 Å². The van der Waals surface area contributed by atoms with Crippen LogP contribution in [0.25, 0.3) is 0 Å². The van der Waals surface area contributed by atoms with Crippen molar-refractivity contribution in [3.05, 3.63) is 34.4 Å². The van der Waals surface area contributed by atoms with E-state index in [2.05, 4.69) is 11.4 Å². The first-order valence-corrected chi connectivity index (χ1v) is 7.42. The summed E-state index contributed by atoms with van der Waals surface area (Å²) in [4.78, 5) is 0. The summed E-state index contributed by atoms with van der Waals surface area (Å²) in [5.74, 6) is 1.27. The summed E-state index contributed by atoms with van der Waals surface area (Å²) in [5.41, 5.74) is 2.61. The maximum absolute atomic E-state index is 6.34. The SMILES string of the molecule is COc1ccc(CNCCC2=CCCC2)c(Cl)c1OC. The van der Waals surface area contributed by atoms with Gasteiger partial charge in [-0.1, -0.05) is 29.3 Å². The molecule has 110 valence electrons. The lowest BCUT2D eigenvalue weighted by atomic mass is 10.1. The number of rotatable bonds is 7. The second-order valence-corrected chi connectivity index (χ2v) is 5.33. The molecule has 1 aliphatic carbocycles. The molecule has 2 rings (SSSR count). The van der Waals surface area contributed by atoms with Crippen LogP contribution in [0.2, 0.25) is 5.02 Å². The fourth-order valence-electron chi connectivity index (χ4n) is 2.50. The highest BCUT2D eigenvalue weighted by atomic mass is 35.5. The molecular formula is C16H22ClNO2. The van der Waals surface area contributed by atoms with Crippen molar-refractivity contribution in [2.45, 2.75) is 32.2 Å². The van der Waals surface area contributed by atoms with Crippen molar-refractivity contribution in [3.63, 3.8) is 0 Å². The number of hydrogen-bond donors (Lipinski definition) is 1. The molecule has 0 spiro atoms. The molecule has 1 N–H and O–H groups in total. The quantitative estimate of drug-likeness (QED) is 0.610. The number of allylic oxidation sites excluding steroid dienone is 1. The van der Waals surface area contributed by atoms with Crippen molar-refractivity contribution in [2.24, 2.45) is 0 Å². The van der Waals surface area contributed by atoms with Gasteiger partial charge in [0.2, 0.25) is 0 Å². The third-order valence-corrected chi connectivity index (χ3v) is 4.05. The zero-order valence-corrected chi connectivity index (χ0v) is 12.9. The van der Waals surface area contributed by atoms with E-state index in [0.717, 1.165) is 25.1 Å². The average molecular weight is 296 g/mol. The lowest BCUT2D eigenvalue weighted by molar-refractivity contribution is 0.354. The average Bonchev–Trinajstić information content (AvgIpc) is 2.97. The van der Waals surface area contributed by atoms with Gasteiger partial charge in [0, 0.05) is 6.54 Å². The van der Waals surface area contributed by atoms with Crippen LogP contribution in [0, 0.1) is 0 Å². The number of methoxy groups -OCH3 is 2. The summed E-state index contributed by atoms with van der Waals surface area (Å²) in [6.45, 7) is 1.73. The van der Waals surface area contributed by atoms with E-state index in [4.69, 9.17) is 21.1 Å². The largest absolute Gasteiger partial charge is 0.493 e. The van der Waals surface area contributed by atoms with Crippen molar-refractivity contribution in [1.29, 1.82) is 0 Å². The number of hydrogen-bond acceptors (Lipinski definition) is 3. The molecule has 0 atom stereocenters. The molecule has 0 fully saturated rings. The Morgan fingerprint density at radius 1 is 1.25 bits per heavy atom. The van der Waals surface area contributed by atoms with E-state index in [1.165, 1.54) is 19.3 Å². The molecule has 0 amide bonds. The summed E-state index contributed by atoms with van der Waals surface area (Å²) in [5, 5.41) is 4.06. The molecule has 3 nitrogen and oxygen atoms in total. The fourth-order valence-corrected chi connectivity index (χ4v) is 2.80. The molecule has 0 radical (unpaired) electrons. The van der Waals surface area contributed by atoms with E-state index in [1.54, 1.807) is 19.8 Å². The lowest BCUT2D eigenvalue weighted by Crippen LogP contribution is -2.15. The number of nitrogens with one attached hydrogen (secondary N) is 1. The van der Waals surface area contributed by atoms with Gasteiger partial charge in [0.15, 0.2) is 11.5 Å². The summed E-state index contributed by atoms with van der Waals surface area (Å²) in [6, 6.07) is 3.87. The Morgan fingerprint density at radius 3 is 2.75 bits per heavy atom. The number of benzene rings is 1. The molecule has 1 aromatic carbocycles. The highest BCUT2D eigenvalue weighted by Gasteiger charge is 2.12. The molecule has 0 saturated heterocycles. The van der Waals surface area contributed by atoms with Crippen LogP contribution in [-0.4, -0.2) is 20.8 Å². The van der Waals surface area contributed by atoms with Gasteiger partial charge < -0.3 is 14.8 Å². The Morgan fingerprint density at radius 2 is 2.10 bits per heavy atom. The van der Waals surface area contributed by atoms with Crippen LogP contribution in [0.1, 0.15) is 31.2 Å². The van der Waals surface area contributed by atoms with Crippen LogP contribution in [0.15, 0.2) is 23.8 Å². The predicted molar refractivity (Wildman–Crippen MR) is 82.8 cm³/mol. The van der Waals surface area contributed by atoms with Gasteiger partial charge in [0.1, 0.15) is 0 Å². The third-order valence-electron chi connectivity index (χ3n) is 3.64. The molecule has 1 aliphatic rings. The topological polar surface area (TPSA) is 30.5 Å². The Balaban J connectivity index is 1.89. The molecule has 0 unspecified atom stereocenters. The molecular weight excluding hydrogens is 274 g/mol. The zero-order chi connectivity index (χ0) is 14.4. The van der Waals surface area contributed by atoms with Crippen LogP contribution < -0.4 is 14.8 Å². The van der Waals surface area contributed by atoms with E-state index in [9.17, 15) is 0 Å². The first kappa shape index (κ1) is 15.2. The van der Waals surface area contributed by atoms with Crippen molar-refractivity contribution in [2.75, 3.05) is 20.8 Å². The van der Waals surface area contributed by atoms with Crippen molar-refractivity contribution >= 4 is 11.6 Å². The molecule has 0 bridgehead atoms. The highest BCUT2D eigenvalue weighted by molar-refractivity contribution is 6.33. The Hall–Kier alpha value is -1.19. The first-order chi connectivity index (χ1) is 9.76. The van der Waals surface area contributed by atoms with Crippen molar-refractivity contribution in [3.8, 4) is 11.5 Å². The minimum atomic E-state index is 0.604. The molecule has 0 aromatic heterocycles. The van der Waals surface area contributed by atoms with Crippen LogP contribution in [0.5, 0.6) is 11.5 Å². The molecule has 4 heteroatoms. The third kappa shape index (κ3) is 3.68. The van der Waals surface area contributed by atoms with Gasteiger partial charge >= 0.3 is 0 Å². The predicted octanol–water partition coefficient (Wildman–Crippen LogP) is 3.95. The van der Waals surface area contributed by atoms with Crippen LogP contribution in [-0.2, 0) is 6.54 Å². The normalized spacial score (nSPS) is 14.2. The van der Waals surface area contributed by atoms with Crippen molar-refractivity contribution < 1.29 is 9.47 Å². The highest BCUT2D eigenvalue weighted by Crippen LogP contribution is 2.37. The monoisotopic (exact) mass is 295 g/mol. The maximum Gasteiger partial charge on any atom is 0.179 e. The minimum Gasteiger partial charge on any atom is -0.493 e. The van der Waals surface area contributed by atoms with Gasteiger partial charge in [-0.25, -0.2) is 0 Å². The fraction of sp³-hybridized carbons (Fsp3) is 0.500. The summed E-state index contributed by atoms with van der Waals surface area (Å²) < 4.78 is 10.5. The molecule has 20 heavy (non-hydrogen) atoms.